The molecule has 2 rings (SSSR count). The zero-order valence-corrected chi connectivity index (χ0v) is 9.57. The van der Waals surface area contributed by atoms with Gasteiger partial charge in [-0.3, -0.25) is 4.68 Å². The van der Waals surface area contributed by atoms with Crippen LogP contribution in [0, 0.1) is 0 Å². The maximum atomic E-state index is 11.6. The highest BCUT2D eigenvalue weighted by Gasteiger charge is 2.16. The Bertz CT molecular complexity index is 355. The Morgan fingerprint density at radius 2 is 2.31 bits per heavy atom. The molecule has 1 heterocycles. The monoisotopic (exact) mass is 222 g/mol. The third kappa shape index (κ3) is 2.74. The molecule has 88 valence electrons. The molecule has 0 unspecified atom stereocenters. The van der Waals surface area contributed by atoms with E-state index >= 15 is 0 Å². The number of nitrogens with one attached hydrogen (secondary N) is 2. The van der Waals surface area contributed by atoms with Gasteiger partial charge in [0.15, 0.2) is 0 Å². The van der Waals surface area contributed by atoms with Gasteiger partial charge in [-0.25, -0.2) is 4.79 Å². The van der Waals surface area contributed by atoms with Gasteiger partial charge in [-0.05, 0) is 18.9 Å². The van der Waals surface area contributed by atoms with Crippen LogP contribution in [-0.2, 0) is 13.6 Å². The lowest BCUT2D eigenvalue weighted by molar-refractivity contribution is 0.236. The summed E-state index contributed by atoms with van der Waals surface area (Å²) in [7, 11) is 1.87. The fraction of sp³-hybridized carbons (Fsp3) is 0.636. The van der Waals surface area contributed by atoms with Gasteiger partial charge in [0.25, 0.3) is 0 Å². The van der Waals surface area contributed by atoms with E-state index in [2.05, 4.69) is 15.7 Å². The summed E-state index contributed by atoms with van der Waals surface area (Å²) < 4.78 is 1.76. The normalized spacial score (nSPS) is 16.3. The van der Waals surface area contributed by atoms with Crippen molar-refractivity contribution in [1.82, 2.24) is 20.4 Å². The summed E-state index contributed by atoms with van der Waals surface area (Å²) in [6, 6.07) is 2.19. The van der Waals surface area contributed by atoms with Crippen LogP contribution in [0.15, 0.2) is 12.3 Å². The number of hydrogen-bond acceptors (Lipinski definition) is 2. The first kappa shape index (κ1) is 11.0. The van der Waals surface area contributed by atoms with E-state index in [1.165, 1.54) is 12.8 Å². The van der Waals surface area contributed by atoms with Gasteiger partial charge in [0.2, 0.25) is 0 Å². The highest BCUT2D eigenvalue weighted by atomic mass is 16.2. The summed E-state index contributed by atoms with van der Waals surface area (Å²) in [5, 5.41) is 9.87. The Hall–Kier alpha value is -1.52. The molecule has 0 bridgehead atoms. The van der Waals surface area contributed by atoms with E-state index < -0.39 is 0 Å². The van der Waals surface area contributed by atoms with Gasteiger partial charge in [-0.15, -0.1) is 0 Å². The predicted molar refractivity (Wildman–Crippen MR) is 60.8 cm³/mol. The molecule has 1 aliphatic carbocycles. The molecular formula is C11H18N4O. The van der Waals surface area contributed by atoms with Gasteiger partial charge in [-0.1, -0.05) is 12.8 Å². The first-order chi connectivity index (χ1) is 7.75. The molecule has 0 saturated heterocycles. The van der Waals surface area contributed by atoms with Crippen LogP contribution >= 0.6 is 0 Å². The number of hydrogen-bond donors (Lipinski definition) is 2. The number of rotatable bonds is 3. The summed E-state index contributed by atoms with van der Waals surface area (Å²) >= 11 is 0. The van der Waals surface area contributed by atoms with Crippen molar-refractivity contribution in [3.05, 3.63) is 18.0 Å². The Morgan fingerprint density at radius 3 is 2.94 bits per heavy atom. The van der Waals surface area contributed by atoms with Crippen LogP contribution < -0.4 is 10.6 Å². The minimum Gasteiger partial charge on any atom is -0.335 e. The van der Waals surface area contributed by atoms with Crippen molar-refractivity contribution < 1.29 is 4.79 Å². The van der Waals surface area contributed by atoms with Crippen LogP contribution in [0.2, 0.25) is 0 Å². The van der Waals surface area contributed by atoms with Crippen molar-refractivity contribution in [3.8, 4) is 0 Å². The topological polar surface area (TPSA) is 59.0 Å². The zero-order chi connectivity index (χ0) is 11.4. The SMILES string of the molecule is Cn1nccc1CNC(=O)NC1CCCC1. The molecule has 1 aromatic rings. The van der Waals surface area contributed by atoms with E-state index in [-0.39, 0.29) is 6.03 Å². The molecule has 0 spiro atoms. The summed E-state index contributed by atoms with van der Waals surface area (Å²) in [5.41, 5.74) is 1.00. The second-order valence-electron chi connectivity index (χ2n) is 4.25. The molecule has 16 heavy (non-hydrogen) atoms. The van der Waals surface area contributed by atoms with Crippen LogP contribution in [0.3, 0.4) is 0 Å². The lowest BCUT2D eigenvalue weighted by Gasteiger charge is -2.12. The minimum atomic E-state index is -0.0758. The molecule has 1 saturated carbocycles. The van der Waals surface area contributed by atoms with Crippen molar-refractivity contribution in [2.75, 3.05) is 0 Å². The van der Waals surface area contributed by atoms with Crippen molar-refractivity contribution >= 4 is 6.03 Å². The summed E-state index contributed by atoms with van der Waals surface area (Å²) in [4.78, 5) is 11.6. The van der Waals surface area contributed by atoms with Crippen LogP contribution in [0.25, 0.3) is 0 Å². The van der Waals surface area contributed by atoms with Crippen molar-refractivity contribution in [2.24, 2.45) is 7.05 Å². The van der Waals surface area contributed by atoms with E-state index in [0.29, 0.717) is 12.6 Å². The first-order valence-corrected chi connectivity index (χ1v) is 5.77. The van der Waals surface area contributed by atoms with Crippen LogP contribution in [0.1, 0.15) is 31.4 Å². The smallest absolute Gasteiger partial charge is 0.315 e. The molecule has 2 amide bonds. The molecular weight excluding hydrogens is 204 g/mol. The molecule has 5 heteroatoms. The summed E-state index contributed by atoms with van der Waals surface area (Å²) in [6.45, 7) is 0.523. The Kier molecular flexibility index (Phi) is 3.44. The fourth-order valence-corrected chi connectivity index (χ4v) is 2.05. The van der Waals surface area contributed by atoms with Gasteiger partial charge in [-0.2, -0.15) is 5.10 Å². The molecule has 0 aromatic carbocycles. The highest BCUT2D eigenvalue weighted by molar-refractivity contribution is 5.74. The number of aryl methyl sites for hydroxylation is 1. The molecule has 1 aromatic heterocycles. The lowest BCUT2D eigenvalue weighted by Crippen LogP contribution is -2.40. The van der Waals surface area contributed by atoms with Gasteiger partial charge < -0.3 is 10.6 Å². The zero-order valence-electron chi connectivity index (χ0n) is 9.57. The van der Waals surface area contributed by atoms with E-state index in [0.717, 1.165) is 18.5 Å². The van der Waals surface area contributed by atoms with Gasteiger partial charge >= 0.3 is 6.03 Å². The summed E-state index contributed by atoms with van der Waals surface area (Å²) in [5.74, 6) is 0. The Balaban J connectivity index is 1.73. The summed E-state index contributed by atoms with van der Waals surface area (Å²) in [6.07, 6.45) is 6.41. The molecule has 1 aliphatic rings. The number of carbonyl (C=O) groups excluding carboxylic acids is 1. The van der Waals surface area contributed by atoms with E-state index in [4.69, 9.17) is 0 Å². The molecule has 5 nitrogen and oxygen atoms in total. The fourth-order valence-electron chi connectivity index (χ4n) is 2.05. The average Bonchev–Trinajstić information content (AvgIpc) is 2.87. The largest absolute Gasteiger partial charge is 0.335 e. The molecule has 0 atom stereocenters. The van der Waals surface area contributed by atoms with E-state index in [1.54, 1.807) is 10.9 Å². The number of amides is 2. The van der Waals surface area contributed by atoms with Crippen LogP contribution in [0.4, 0.5) is 4.79 Å². The van der Waals surface area contributed by atoms with Crippen molar-refractivity contribution in [1.29, 1.82) is 0 Å². The minimum absolute atomic E-state index is 0.0758. The maximum Gasteiger partial charge on any atom is 0.315 e. The van der Waals surface area contributed by atoms with Crippen molar-refractivity contribution in [3.63, 3.8) is 0 Å². The number of carbonyl (C=O) groups is 1. The number of urea groups is 1. The third-order valence-corrected chi connectivity index (χ3v) is 3.04. The number of nitrogens with zero attached hydrogens (tertiary/aromatic N) is 2. The Morgan fingerprint density at radius 1 is 1.56 bits per heavy atom. The second-order valence-corrected chi connectivity index (χ2v) is 4.25. The van der Waals surface area contributed by atoms with Crippen LogP contribution in [-0.4, -0.2) is 21.9 Å². The Labute approximate surface area is 95.2 Å². The standard InChI is InChI=1S/C11H18N4O/c1-15-10(6-7-13-15)8-12-11(16)14-9-4-2-3-5-9/h6-7,9H,2-5,8H2,1H3,(H2,12,14,16). The average molecular weight is 222 g/mol. The second kappa shape index (κ2) is 5.01. The van der Waals surface area contributed by atoms with Crippen LogP contribution in [0.5, 0.6) is 0 Å². The first-order valence-electron chi connectivity index (χ1n) is 5.77. The van der Waals surface area contributed by atoms with Gasteiger partial charge in [0, 0.05) is 19.3 Å². The third-order valence-electron chi connectivity index (χ3n) is 3.04. The molecule has 1 fully saturated rings. The maximum absolute atomic E-state index is 11.6. The van der Waals surface area contributed by atoms with Gasteiger partial charge in [0.05, 0.1) is 12.2 Å². The molecule has 2 N–H and O–H groups in total. The van der Waals surface area contributed by atoms with E-state index in [1.807, 2.05) is 13.1 Å². The van der Waals surface area contributed by atoms with E-state index in [9.17, 15) is 4.79 Å². The molecule has 0 aliphatic heterocycles. The quantitative estimate of drug-likeness (QED) is 0.806. The van der Waals surface area contributed by atoms with Gasteiger partial charge in [0.1, 0.15) is 0 Å². The highest BCUT2D eigenvalue weighted by Crippen LogP contribution is 2.17. The number of aromatic nitrogens is 2. The molecule has 0 radical (unpaired) electrons. The van der Waals surface area contributed by atoms with Crippen molar-refractivity contribution in [2.45, 2.75) is 38.3 Å². The predicted octanol–water partition coefficient (Wildman–Crippen LogP) is 1.16. The lowest BCUT2D eigenvalue weighted by atomic mass is 10.2.